The van der Waals surface area contributed by atoms with Gasteiger partial charge in [0.1, 0.15) is 5.75 Å². The van der Waals surface area contributed by atoms with E-state index < -0.39 is 0 Å². The monoisotopic (exact) mass is 374 g/mol. The first-order valence-corrected chi connectivity index (χ1v) is 8.69. The number of nitrogens with zero attached hydrogens (tertiary/aromatic N) is 1. The van der Waals surface area contributed by atoms with Crippen molar-refractivity contribution in [1.82, 2.24) is 5.32 Å². The number of hydrogen-bond acceptors (Lipinski definition) is 3. The van der Waals surface area contributed by atoms with Gasteiger partial charge in [-0.05, 0) is 43.2 Å². The molecule has 2 aromatic carbocycles. The highest BCUT2D eigenvalue weighted by Gasteiger charge is 2.18. The van der Waals surface area contributed by atoms with Crippen LogP contribution in [-0.2, 0) is 4.79 Å². The minimum atomic E-state index is -0.252. The van der Waals surface area contributed by atoms with Crippen molar-refractivity contribution < 1.29 is 14.3 Å². The number of amides is 2. The van der Waals surface area contributed by atoms with E-state index >= 15 is 0 Å². The standard InChI is InChI=1S/C20H23ClN2O3/c1-13-11-14(2)19(17(21)12-13)23(15(3)24)10-9-22-20(25)16-7-5-6-8-18(16)26-4/h5-8,11-12H,9-10H2,1-4H3,(H,22,25). The SMILES string of the molecule is COc1ccccc1C(=O)NCCN(C(C)=O)c1c(C)cc(C)cc1Cl. The van der Waals surface area contributed by atoms with Crippen LogP contribution in [0.25, 0.3) is 0 Å². The molecule has 0 heterocycles. The van der Waals surface area contributed by atoms with Crippen LogP contribution >= 0.6 is 11.6 Å². The van der Waals surface area contributed by atoms with E-state index in [1.54, 1.807) is 29.2 Å². The van der Waals surface area contributed by atoms with Gasteiger partial charge in [-0.3, -0.25) is 9.59 Å². The predicted molar refractivity (Wildman–Crippen MR) is 104 cm³/mol. The van der Waals surface area contributed by atoms with Crippen molar-refractivity contribution in [2.75, 3.05) is 25.1 Å². The van der Waals surface area contributed by atoms with Gasteiger partial charge in [-0.1, -0.05) is 29.8 Å². The summed E-state index contributed by atoms with van der Waals surface area (Å²) in [6, 6.07) is 10.8. The van der Waals surface area contributed by atoms with Crippen LogP contribution < -0.4 is 15.0 Å². The van der Waals surface area contributed by atoms with E-state index in [-0.39, 0.29) is 11.8 Å². The number of benzene rings is 2. The molecule has 0 aromatic heterocycles. The van der Waals surface area contributed by atoms with Crippen LogP contribution in [0.1, 0.15) is 28.4 Å². The Labute approximate surface area is 158 Å². The van der Waals surface area contributed by atoms with Crippen LogP contribution in [0.15, 0.2) is 36.4 Å². The molecule has 1 N–H and O–H groups in total. The number of ether oxygens (including phenoxy) is 1. The highest BCUT2D eigenvalue weighted by Crippen LogP contribution is 2.31. The van der Waals surface area contributed by atoms with E-state index in [4.69, 9.17) is 16.3 Å². The lowest BCUT2D eigenvalue weighted by Gasteiger charge is -2.25. The van der Waals surface area contributed by atoms with Gasteiger partial charge in [0.2, 0.25) is 5.91 Å². The van der Waals surface area contributed by atoms with Gasteiger partial charge in [0.05, 0.1) is 23.4 Å². The molecule has 2 rings (SSSR count). The van der Waals surface area contributed by atoms with Crippen molar-refractivity contribution in [3.05, 3.63) is 58.1 Å². The number of anilines is 1. The van der Waals surface area contributed by atoms with Crippen LogP contribution in [0.3, 0.4) is 0 Å². The third kappa shape index (κ3) is 4.55. The first kappa shape index (κ1) is 19.8. The van der Waals surface area contributed by atoms with Crippen LogP contribution in [0.4, 0.5) is 5.69 Å². The van der Waals surface area contributed by atoms with Crippen molar-refractivity contribution in [3.8, 4) is 5.75 Å². The zero-order valence-corrected chi connectivity index (χ0v) is 16.2. The minimum absolute atomic E-state index is 0.134. The Morgan fingerprint density at radius 2 is 1.88 bits per heavy atom. The molecule has 138 valence electrons. The van der Waals surface area contributed by atoms with Crippen LogP contribution in [0.5, 0.6) is 5.75 Å². The normalized spacial score (nSPS) is 10.3. The number of aryl methyl sites for hydroxylation is 2. The number of hydrogen-bond donors (Lipinski definition) is 1. The summed E-state index contributed by atoms with van der Waals surface area (Å²) in [5, 5.41) is 3.35. The molecule has 0 saturated carbocycles. The van der Waals surface area contributed by atoms with Crippen LogP contribution in [0.2, 0.25) is 5.02 Å². The maximum Gasteiger partial charge on any atom is 0.255 e. The van der Waals surface area contributed by atoms with Gasteiger partial charge < -0.3 is 15.0 Å². The van der Waals surface area contributed by atoms with Crippen molar-refractivity contribution in [3.63, 3.8) is 0 Å². The van der Waals surface area contributed by atoms with Gasteiger partial charge in [-0.15, -0.1) is 0 Å². The second-order valence-electron chi connectivity index (χ2n) is 6.04. The average molecular weight is 375 g/mol. The highest BCUT2D eigenvalue weighted by molar-refractivity contribution is 6.34. The van der Waals surface area contributed by atoms with Crippen LogP contribution in [0, 0.1) is 13.8 Å². The molecule has 0 atom stereocenters. The largest absolute Gasteiger partial charge is 0.496 e. The molecule has 0 saturated heterocycles. The number of carbonyl (C=O) groups excluding carboxylic acids is 2. The molecule has 2 aromatic rings. The lowest BCUT2D eigenvalue weighted by Crippen LogP contribution is -2.38. The fourth-order valence-electron chi connectivity index (χ4n) is 2.89. The Balaban J connectivity index is 2.11. The second-order valence-corrected chi connectivity index (χ2v) is 6.45. The summed E-state index contributed by atoms with van der Waals surface area (Å²) in [5.41, 5.74) is 3.08. The first-order valence-electron chi connectivity index (χ1n) is 8.31. The number of methoxy groups -OCH3 is 1. The fraction of sp³-hybridized carbons (Fsp3) is 0.300. The second kappa shape index (κ2) is 8.72. The van der Waals surface area contributed by atoms with Gasteiger partial charge in [-0.25, -0.2) is 0 Å². The summed E-state index contributed by atoms with van der Waals surface area (Å²) in [4.78, 5) is 26.1. The van der Waals surface area contributed by atoms with E-state index in [0.29, 0.717) is 35.1 Å². The highest BCUT2D eigenvalue weighted by atomic mass is 35.5. The number of carbonyl (C=O) groups is 2. The Kier molecular flexibility index (Phi) is 6.64. The van der Waals surface area contributed by atoms with Gasteiger partial charge >= 0.3 is 0 Å². The molecule has 0 spiro atoms. The molecular weight excluding hydrogens is 352 g/mol. The molecule has 2 amide bonds. The summed E-state index contributed by atoms with van der Waals surface area (Å²) in [6.07, 6.45) is 0. The third-order valence-electron chi connectivity index (χ3n) is 4.02. The summed E-state index contributed by atoms with van der Waals surface area (Å²) in [7, 11) is 1.52. The Morgan fingerprint density at radius 3 is 2.50 bits per heavy atom. The molecule has 0 unspecified atom stereocenters. The summed E-state index contributed by atoms with van der Waals surface area (Å²) in [5.74, 6) is 0.119. The number of nitrogens with one attached hydrogen (secondary N) is 1. The molecule has 5 nitrogen and oxygen atoms in total. The molecule has 0 fully saturated rings. The quantitative estimate of drug-likeness (QED) is 0.837. The maximum atomic E-state index is 12.4. The summed E-state index contributed by atoms with van der Waals surface area (Å²) < 4.78 is 5.20. The van der Waals surface area contributed by atoms with E-state index in [2.05, 4.69) is 5.32 Å². The maximum absolute atomic E-state index is 12.4. The smallest absolute Gasteiger partial charge is 0.255 e. The minimum Gasteiger partial charge on any atom is -0.496 e. The Morgan fingerprint density at radius 1 is 1.19 bits per heavy atom. The zero-order valence-electron chi connectivity index (χ0n) is 15.4. The Hall–Kier alpha value is -2.53. The van der Waals surface area contributed by atoms with Gasteiger partial charge in [0.15, 0.2) is 0 Å². The summed E-state index contributed by atoms with van der Waals surface area (Å²) in [6.45, 7) is 5.96. The van der Waals surface area contributed by atoms with E-state index in [0.717, 1.165) is 11.1 Å². The zero-order chi connectivity index (χ0) is 19.3. The number of halogens is 1. The predicted octanol–water partition coefficient (Wildman–Crippen LogP) is 3.75. The summed E-state index contributed by atoms with van der Waals surface area (Å²) >= 11 is 6.35. The molecule has 0 aliphatic heterocycles. The average Bonchev–Trinajstić information content (AvgIpc) is 2.59. The van der Waals surface area contributed by atoms with Gasteiger partial charge in [0.25, 0.3) is 5.91 Å². The van der Waals surface area contributed by atoms with Crippen molar-refractivity contribution in [1.29, 1.82) is 0 Å². The van der Waals surface area contributed by atoms with Crippen LogP contribution in [-0.4, -0.2) is 32.0 Å². The molecule has 6 heteroatoms. The first-order chi connectivity index (χ1) is 12.3. The molecule has 0 aliphatic carbocycles. The third-order valence-corrected chi connectivity index (χ3v) is 4.31. The van der Waals surface area contributed by atoms with E-state index in [1.165, 1.54) is 14.0 Å². The van der Waals surface area contributed by atoms with Crippen molar-refractivity contribution in [2.45, 2.75) is 20.8 Å². The Bertz CT molecular complexity index is 797. The lowest BCUT2D eigenvalue weighted by molar-refractivity contribution is -0.116. The van der Waals surface area contributed by atoms with E-state index in [9.17, 15) is 9.59 Å². The number of rotatable bonds is 6. The molecule has 0 bridgehead atoms. The fourth-order valence-corrected chi connectivity index (χ4v) is 3.31. The van der Waals surface area contributed by atoms with Crippen molar-refractivity contribution >= 4 is 29.1 Å². The molecule has 0 aliphatic rings. The van der Waals surface area contributed by atoms with E-state index in [1.807, 2.05) is 26.0 Å². The molecule has 0 radical (unpaired) electrons. The van der Waals surface area contributed by atoms with Crippen molar-refractivity contribution in [2.24, 2.45) is 0 Å². The topological polar surface area (TPSA) is 58.6 Å². The molecule has 26 heavy (non-hydrogen) atoms. The van der Waals surface area contributed by atoms with Gasteiger partial charge in [-0.2, -0.15) is 0 Å². The lowest BCUT2D eigenvalue weighted by atomic mass is 10.1. The molecular formula is C20H23ClN2O3. The number of para-hydroxylation sites is 1. The van der Waals surface area contributed by atoms with Gasteiger partial charge in [0, 0.05) is 20.0 Å².